The smallest absolute Gasteiger partial charge is 0.265 e. The Hall–Kier alpha value is -3.80. The summed E-state index contributed by atoms with van der Waals surface area (Å²) in [5, 5.41) is 40.6. The van der Waals surface area contributed by atoms with Gasteiger partial charge in [0.2, 0.25) is 11.8 Å². The van der Waals surface area contributed by atoms with Crippen LogP contribution in [0.2, 0.25) is 10.0 Å². The second-order valence-electron chi connectivity index (χ2n) is 7.17. The summed E-state index contributed by atoms with van der Waals surface area (Å²) in [6.07, 6.45) is 0. The van der Waals surface area contributed by atoms with Crippen LogP contribution in [0, 0.1) is 22.7 Å². The van der Waals surface area contributed by atoms with Crippen LogP contribution in [-0.2, 0) is 0 Å². The Morgan fingerprint density at radius 2 is 1.00 bits per heavy atom. The molecular formula is C24H12Cl2N4O4S2. The minimum Gasteiger partial charge on any atom is -0.494 e. The topological polar surface area (TPSA) is 154 Å². The van der Waals surface area contributed by atoms with E-state index in [-0.39, 0.29) is 32.0 Å². The fourth-order valence-corrected chi connectivity index (χ4v) is 6.12. The van der Waals surface area contributed by atoms with Gasteiger partial charge in [-0.25, -0.2) is 0 Å². The van der Waals surface area contributed by atoms with Crippen molar-refractivity contribution in [2.24, 2.45) is 0 Å². The zero-order chi connectivity index (χ0) is 26.0. The number of pyridine rings is 2. The van der Waals surface area contributed by atoms with Crippen LogP contribution in [0.3, 0.4) is 0 Å². The summed E-state index contributed by atoms with van der Waals surface area (Å²) in [6, 6.07) is 16.4. The van der Waals surface area contributed by atoms with Gasteiger partial charge in [-0.2, -0.15) is 10.5 Å². The molecule has 0 aliphatic carbocycles. The predicted octanol–water partition coefficient (Wildman–Crippen LogP) is 5.66. The van der Waals surface area contributed by atoms with Crippen molar-refractivity contribution in [3.63, 3.8) is 0 Å². The maximum absolute atomic E-state index is 12.9. The van der Waals surface area contributed by atoms with Crippen molar-refractivity contribution in [2.45, 2.75) is 9.79 Å². The van der Waals surface area contributed by atoms with E-state index in [1.54, 1.807) is 48.5 Å². The Morgan fingerprint density at radius 3 is 1.31 bits per heavy atom. The number of halogens is 2. The highest BCUT2D eigenvalue weighted by atomic mass is 35.5. The number of H-pyrrole nitrogens is 2. The summed E-state index contributed by atoms with van der Waals surface area (Å²) < 4.78 is 0. The molecule has 0 aliphatic rings. The van der Waals surface area contributed by atoms with Crippen LogP contribution in [0.1, 0.15) is 11.1 Å². The van der Waals surface area contributed by atoms with Crippen molar-refractivity contribution in [1.29, 1.82) is 10.5 Å². The molecule has 178 valence electrons. The van der Waals surface area contributed by atoms with E-state index in [1.165, 1.54) is 0 Å². The van der Waals surface area contributed by atoms with E-state index in [2.05, 4.69) is 9.97 Å². The molecule has 0 bridgehead atoms. The highest BCUT2D eigenvalue weighted by molar-refractivity contribution is 8.76. The van der Waals surface area contributed by atoms with E-state index in [0.717, 1.165) is 21.6 Å². The monoisotopic (exact) mass is 554 g/mol. The Morgan fingerprint density at radius 1 is 0.667 bits per heavy atom. The number of aromatic nitrogens is 2. The molecule has 0 fully saturated rings. The number of nitriles is 2. The predicted molar refractivity (Wildman–Crippen MR) is 139 cm³/mol. The Balaban J connectivity index is 1.90. The van der Waals surface area contributed by atoms with Gasteiger partial charge in [0.25, 0.3) is 11.1 Å². The van der Waals surface area contributed by atoms with Crippen molar-refractivity contribution < 1.29 is 10.2 Å². The number of hydrogen-bond acceptors (Lipinski definition) is 8. The fourth-order valence-electron chi connectivity index (χ4n) is 3.39. The first-order valence-corrected chi connectivity index (χ1v) is 12.8. The van der Waals surface area contributed by atoms with Gasteiger partial charge in [-0.3, -0.25) is 19.6 Å². The van der Waals surface area contributed by atoms with Gasteiger partial charge >= 0.3 is 0 Å². The Kier molecular flexibility index (Phi) is 7.34. The molecule has 0 saturated carbocycles. The van der Waals surface area contributed by atoms with Crippen LogP contribution < -0.4 is 11.1 Å². The molecule has 0 aliphatic heterocycles. The van der Waals surface area contributed by atoms with Crippen molar-refractivity contribution in [1.82, 2.24) is 9.97 Å². The lowest BCUT2D eigenvalue weighted by Crippen LogP contribution is -2.13. The minimum atomic E-state index is -0.697. The summed E-state index contributed by atoms with van der Waals surface area (Å²) in [4.78, 5) is 30.3. The molecule has 4 N–H and O–H groups in total. The zero-order valence-electron chi connectivity index (χ0n) is 17.8. The maximum atomic E-state index is 12.9. The van der Waals surface area contributed by atoms with Gasteiger partial charge in [0.05, 0.1) is 9.79 Å². The van der Waals surface area contributed by atoms with Crippen LogP contribution in [0.25, 0.3) is 22.3 Å². The standard InChI is InChI=1S/C24H12Cl2N4O4S2/c25-13-5-1-11(2-6-13)17-15(9-27)21(31)29-23(33)19(17)35-36-20-18(12-3-7-14(26)8-4-12)16(10-28)22(32)30-24(20)34/h1-8H,(H2,29,31,33)(H2,30,32,34). The fraction of sp³-hybridized carbons (Fsp3) is 0. The van der Waals surface area contributed by atoms with Gasteiger partial charge in [0, 0.05) is 21.2 Å². The molecule has 12 heteroatoms. The summed E-state index contributed by atoms with van der Waals surface area (Å²) in [5.74, 6) is -1.20. The molecule has 0 atom stereocenters. The third-order valence-corrected chi connectivity index (χ3v) is 7.95. The molecule has 0 spiro atoms. The maximum Gasteiger partial charge on any atom is 0.265 e. The van der Waals surface area contributed by atoms with Crippen LogP contribution >= 0.6 is 44.8 Å². The molecule has 2 aromatic carbocycles. The first-order chi connectivity index (χ1) is 17.2. The SMILES string of the molecule is N#Cc1c(O)[nH]c(=O)c(SSc2c(-c3ccc(Cl)cc3)c(C#N)c(O)[nH]c2=O)c1-c1ccc(Cl)cc1. The van der Waals surface area contributed by atoms with Gasteiger partial charge < -0.3 is 10.2 Å². The van der Waals surface area contributed by atoms with Crippen LogP contribution in [0.15, 0.2) is 67.9 Å². The molecule has 0 unspecified atom stereocenters. The quantitative estimate of drug-likeness (QED) is 0.230. The number of hydrogen-bond donors (Lipinski definition) is 4. The van der Waals surface area contributed by atoms with Gasteiger partial charge in [-0.05, 0) is 57.0 Å². The highest BCUT2D eigenvalue weighted by Gasteiger charge is 2.24. The largest absolute Gasteiger partial charge is 0.494 e. The van der Waals surface area contributed by atoms with E-state index >= 15 is 0 Å². The zero-order valence-corrected chi connectivity index (χ0v) is 20.9. The van der Waals surface area contributed by atoms with Gasteiger partial charge in [0.1, 0.15) is 23.3 Å². The number of aromatic hydroxyl groups is 2. The summed E-state index contributed by atoms with van der Waals surface area (Å²) in [6.45, 7) is 0. The van der Waals surface area contributed by atoms with E-state index < -0.39 is 22.9 Å². The lowest BCUT2D eigenvalue weighted by Gasteiger charge is -2.14. The molecule has 2 heterocycles. The Labute approximate surface area is 221 Å². The molecule has 4 aromatic rings. The normalized spacial score (nSPS) is 10.6. The number of nitrogens with one attached hydrogen (secondary N) is 2. The van der Waals surface area contributed by atoms with Crippen LogP contribution in [0.5, 0.6) is 11.8 Å². The molecule has 0 radical (unpaired) electrons. The Bertz CT molecular complexity index is 1560. The molecular weight excluding hydrogens is 543 g/mol. The van der Waals surface area contributed by atoms with Gasteiger partial charge in [-0.1, -0.05) is 47.5 Å². The molecule has 8 nitrogen and oxygen atoms in total. The number of aromatic amines is 2. The van der Waals surface area contributed by atoms with Crippen LogP contribution in [-0.4, -0.2) is 20.2 Å². The van der Waals surface area contributed by atoms with Crippen molar-refractivity contribution in [2.75, 3.05) is 0 Å². The number of benzene rings is 2. The highest BCUT2D eigenvalue weighted by Crippen LogP contribution is 2.45. The molecule has 0 saturated heterocycles. The van der Waals surface area contributed by atoms with Crippen molar-refractivity contribution >= 4 is 44.8 Å². The van der Waals surface area contributed by atoms with E-state index in [4.69, 9.17) is 23.2 Å². The second-order valence-corrected chi connectivity index (χ2v) is 10.2. The first-order valence-electron chi connectivity index (χ1n) is 9.90. The lowest BCUT2D eigenvalue weighted by atomic mass is 10.0. The van der Waals surface area contributed by atoms with E-state index in [0.29, 0.717) is 21.2 Å². The van der Waals surface area contributed by atoms with E-state index in [9.17, 15) is 30.3 Å². The molecule has 0 amide bonds. The average molecular weight is 555 g/mol. The van der Waals surface area contributed by atoms with Crippen LogP contribution in [0.4, 0.5) is 0 Å². The minimum absolute atomic E-state index is 0.0321. The lowest BCUT2D eigenvalue weighted by molar-refractivity contribution is 0.448. The second kappa shape index (κ2) is 10.4. The number of rotatable bonds is 5. The summed E-state index contributed by atoms with van der Waals surface area (Å²) >= 11 is 12.0. The van der Waals surface area contributed by atoms with E-state index in [1.807, 2.05) is 12.1 Å². The van der Waals surface area contributed by atoms with Gasteiger partial charge in [-0.15, -0.1) is 0 Å². The molecule has 4 rings (SSSR count). The number of nitrogens with zero attached hydrogens (tertiary/aromatic N) is 2. The summed E-state index contributed by atoms with van der Waals surface area (Å²) in [7, 11) is 1.71. The van der Waals surface area contributed by atoms with Crippen molar-refractivity contribution in [3.8, 4) is 46.2 Å². The van der Waals surface area contributed by atoms with Gasteiger partial charge in [0.15, 0.2) is 0 Å². The molecule has 36 heavy (non-hydrogen) atoms. The first kappa shape index (κ1) is 25.3. The summed E-state index contributed by atoms with van der Waals surface area (Å²) in [5.41, 5.74) is -0.555. The third-order valence-electron chi connectivity index (χ3n) is 5.00. The van der Waals surface area contributed by atoms with Crippen molar-refractivity contribution in [3.05, 3.63) is 90.4 Å². The molecule has 2 aromatic heterocycles. The average Bonchev–Trinajstić information content (AvgIpc) is 2.85. The third kappa shape index (κ3) is 4.81.